The highest BCUT2D eigenvalue weighted by atomic mass is 16.6. The predicted molar refractivity (Wildman–Crippen MR) is 128 cm³/mol. The Hall–Kier alpha value is -3.69. The first kappa shape index (κ1) is 22.5. The molecule has 2 heterocycles. The van der Waals surface area contributed by atoms with Crippen LogP contribution in [0.25, 0.3) is 10.9 Å². The SMILES string of the molecule is CN(C)c1nc(NC2CCC(CNC(=O)c3cc([N+](=O)[O-])cn3C)CC2)nc2ccccc12. The van der Waals surface area contributed by atoms with Crippen molar-refractivity contribution >= 4 is 34.3 Å². The zero-order valence-electron chi connectivity index (χ0n) is 19.1. The summed E-state index contributed by atoms with van der Waals surface area (Å²) in [6, 6.07) is 9.58. The number of aryl methyl sites for hydroxylation is 1. The molecule has 174 valence electrons. The van der Waals surface area contributed by atoms with E-state index in [4.69, 9.17) is 9.97 Å². The van der Waals surface area contributed by atoms with Gasteiger partial charge in [-0.3, -0.25) is 14.9 Å². The number of benzene rings is 1. The number of carbonyl (C=O) groups is 1. The second-order valence-corrected chi connectivity index (χ2v) is 8.81. The second kappa shape index (κ2) is 9.43. The first-order chi connectivity index (χ1) is 15.8. The van der Waals surface area contributed by atoms with Gasteiger partial charge in [0.05, 0.1) is 16.6 Å². The molecule has 0 atom stereocenters. The molecule has 0 spiro atoms. The monoisotopic (exact) mass is 451 g/mol. The minimum atomic E-state index is -0.494. The minimum absolute atomic E-state index is 0.0810. The van der Waals surface area contributed by atoms with E-state index in [0.29, 0.717) is 24.1 Å². The van der Waals surface area contributed by atoms with Gasteiger partial charge in [0.1, 0.15) is 11.5 Å². The molecule has 0 bridgehead atoms. The van der Waals surface area contributed by atoms with Crippen LogP contribution in [0.2, 0.25) is 0 Å². The summed E-state index contributed by atoms with van der Waals surface area (Å²) < 4.78 is 1.49. The molecule has 2 N–H and O–H groups in total. The van der Waals surface area contributed by atoms with Gasteiger partial charge in [0.15, 0.2) is 0 Å². The van der Waals surface area contributed by atoms with Gasteiger partial charge in [-0.15, -0.1) is 0 Å². The first-order valence-electron chi connectivity index (χ1n) is 11.1. The highest BCUT2D eigenvalue weighted by Crippen LogP contribution is 2.28. The van der Waals surface area contributed by atoms with Crippen LogP contribution in [0.15, 0.2) is 36.5 Å². The molecule has 1 aliphatic carbocycles. The molecule has 10 nitrogen and oxygen atoms in total. The van der Waals surface area contributed by atoms with Crippen LogP contribution in [-0.2, 0) is 7.05 Å². The topological polar surface area (TPSA) is 118 Å². The number of fused-ring (bicyclic) bond motifs is 1. The van der Waals surface area contributed by atoms with Crippen LogP contribution in [0, 0.1) is 16.0 Å². The Bertz CT molecular complexity index is 1170. The molecule has 1 aliphatic rings. The summed E-state index contributed by atoms with van der Waals surface area (Å²) in [5.41, 5.74) is 1.13. The van der Waals surface area contributed by atoms with Crippen LogP contribution >= 0.6 is 0 Å². The summed E-state index contributed by atoms with van der Waals surface area (Å²) in [4.78, 5) is 34.3. The lowest BCUT2D eigenvalue weighted by Gasteiger charge is -2.29. The molecule has 0 aliphatic heterocycles. The molecular formula is C23H29N7O3. The number of amides is 1. The van der Waals surface area contributed by atoms with Crippen molar-refractivity contribution in [2.75, 3.05) is 30.9 Å². The number of para-hydroxylation sites is 1. The van der Waals surface area contributed by atoms with Gasteiger partial charge in [-0.25, -0.2) is 4.98 Å². The van der Waals surface area contributed by atoms with Gasteiger partial charge in [0, 0.05) is 45.2 Å². The lowest BCUT2D eigenvalue weighted by molar-refractivity contribution is -0.384. The van der Waals surface area contributed by atoms with Gasteiger partial charge in [0.25, 0.3) is 11.6 Å². The molecular weight excluding hydrogens is 422 g/mol. The Morgan fingerprint density at radius 3 is 2.61 bits per heavy atom. The molecule has 1 saturated carbocycles. The average molecular weight is 452 g/mol. The van der Waals surface area contributed by atoms with E-state index in [2.05, 4.69) is 10.6 Å². The fraction of sp³-hybridized carbons (Fsp3) is 0.435. The van der Waals surface area contributed by atoms with E-state index in [1.807, 2.05) is 43.3 Å². The van der Waals surface area contributed by atoms with E-state index in [-0.39, 0.29) is 17.6 Å². The van der Waals surface area contributed by atoms with Crippen molar-refractivity contribution in [1.82, 2.24) is 19.9 Å². The van der Waals surface area contributed by atoms with Crippen molar-refractivity contribution in [3.05, 3.63) is 52.3 Å². The van der Waals surface area contributed by atoms with E-state index >= 15 is 0 Å². The number of anilines is 2. The molecule has 2 aromatic heterocycles. The summed E-state index contributed by atoms with van der Waals surface area (Å²) in [7, 11) is 5.59. The molecule has 1 fully saturated rings. The average Bonchev–Trinajstić information content (AvgIpc) is 3.20. The van der Waals surface area contributed by atoms with Crippen LogP contribution < -0.4 is 15.5 Å². The maximum absolute atomic E-state index is 12.5. The Labute approximate surface area is 192 Å². The molecule has 1 aromatic carbocycles. The smallest absolute Gasteiger partial charge is 0.287 e. The molecule has 33 heavy (non-hydrogen) atoms. The quantitative estimate of drug-likeness (QED) is 0.418. The Morgan fingerprint density at radius 2 is 1.94 bits per heavy atom. The Kier molecular flexibility index (Phi) is 6.43. The van der Waals surface area contributed by atoms with Gasteiger partial charge in [-0.1, -0.05) is 12.1 Å². The number of hydrogen-bond donors (Lipinski definition) is 2. The molecule has 0 radical (unpaired) electrons. The van der Waals surface area contributed by atoms with Crippen molar-refractivity contribution in [3.8, 4) is 0 Å². The highest BCUT2D eigenvalue weighted by molar-refractivity contribution is 5.93. The van der Waals surface area contributed by atoms with Crippen LogP contribution in [0.4, 0.5) is 17.5 Å². The van der Waals surface area contributed by atoms with Crippen LogP contribution in [-0.4, -0.2) is 52.0 Å². The summed E-state index contributed by atoms with van der Waals surface area (Å²) in [6.07, 6.45) is 5.22. The minimum Gasteiger partial charge on any atom is -0.362 e. The van der Waals surface area contributed by atoms with E-state index < -0.39 is 4.92 Å². The highest BCUT2D eigenvalue weighted by Gasteiger charge is 2.24. The number of hydrogen-bond acceptors (Lipinski definition) is 7. The number of rotatable bonds is 7. The number of aromatic nitrogens is 3. The van der Waals surface area contributed by atoms with Gasteiger partial charge in [0.2, 0.25) is 5.95 Å². The number of nitrogens with zero attached hydrogens (tertiary/aromatic N) is 5. The van der Waals surface area contributed by atoms with E-state index in [1.54, 1.807) is 7.05 Å². The predicted octanol–water partition coefficient (Wildman–Crippen LogP) is 3.34. The standard InChI is InChI=1S/C23H29N7O3/c1-28(2)21-18-6-4-5-7-19(18)26-23(27-21)25-16-10-8-15(9-11-16)13-24-22(31)20-12-17(30(32)33)14-29(20)3/h4-7,12,14-16H,8-11,13H2,1-3H3,(H,24,31)(H,25,26,27). The largest absolute Gasteiger partial charge is 0.362 e. The maximum atomic E-state index is 12.5. The fourth-order valence-corrected chi connectivity index (χ4v) is 4.36. The van der Waals surface area contributed by atoms with Crippen LogP contribution in [0.5, 0.6) is 0 Å². The molecule has 4 rings (SSSR count). The third kappa shape index (κ3) is 5.05. The van der Waals surface area contributed by atoms with Crippen molar-refractivity contribution in [2.45, 2.75) is 31.7 Å². The lowest BCUT2D eigenvalue weighted by Crippen LogP contribution is -2.34. The van der Waals surface area contributed by atoms with Crippen molar-refractivity contribution in [1.29, 1.82) is 0 Å². The second-order valence-electron chi connectivity index (χ2n) is 8.81. The third-order valence-electron chi connectivity index (χ3n) is 6.17. The van der Waals surface area contributed by atoms with Gasteiger partial charge in [-0.2, -0.15) is 4.98 Å². The van der Waals surface area contributed by atoms with E-state index in [1.165, 1.54) is 16.8 Å². The number of nitro groups is 1. The third-order valence-corrected chi connectivity index (χ3v) is 6.17. The molecule has 3 aromatic rings. The summed E-state index contributed by atoms with van der Waals surface area (Å²) in [5, 5.41) is 18.4. The fourth-order valence-electron chi connectivity index (χ4n) is 4.36. The zero-order valence-corrected chi connectivity index (χ0v) is 19.1. The zero-order chi connectivity index (χ0) is 23.5. The van der Waals surface area contributed by atoms with Crippen LogP contribution in [0.1, 0.15) is 36.2 Å². The Morgan fingerprint density at radius 1 is 1.21 bits per heavy atom. The molecule has 0 unspecified atom stereocenters. The maximum Gasteiger partial charge on any atom is 0.287 e. The van der Waals surface area contributed by atoms with Gasteiger partial charge >= 0.3 is 0 Å². The normalized spacial score (nSPS) is 18.2. The molecule has 0 saturated heterocycles. The van der Waals surface area contributed by atoms with Crippen molar-refractivity contribution in [3.63, 3.8) is 0 Å². The van der Waals surface area contributed by atoms with Crippen molar-refractivity contribution in [2.24, 2.45) is 13.0 Å². The van der Waals surface area contributed by atoms with Gasteiger partial charge in [-0.05, 0) is 43.7 Å². The number of carbonyl (C=O) groups excluding carboxylic acids is 1. The number of nitrogens with one attached hydrogen (secondary N) is 2. The lowest BCUT2D eigenvalue weighted by atomic mass is 9.86. The van der Waals surface area contributed by atoms with E-state index in [9.17, 15) is 14.9 Å². The van der Waals surface area contributed by atoms with Crippen LogP contribution in [0.3, 0.4) is 0 Å². The summed E-state index contributed by atoms with van der Waals surface area (Å²) in [5.74, 6) is 1.61. The molecule has 10 heteroatoms. The summed E-state index contributed by atoms with van der Waals surface area (Å²) in [6.45, 7) is 0.557. The van der Waals surface area contributed by atoms with E-state index in [0.717, 1.165) is 42.4 Å². The first-order valence-corrected chi connectivity index (χ1v) is 11.1. The molecule has 1 amide bonds. The summed E-state index contributed by atoms with van der Waals surface area (Å²) >= 11 is 0. The van der Waals surface area contributed by atoms with Gasteiger partial charge < -0.3 is 20.1 Å². The van der Waals surface area contributed by atoms with Crippen molar-refractivity contribution < 1.29 is 9.72 Å². The Balaban J connectivity index is 1.31.